The van der Waals surface area contributed by atoms with E-state index < -0.39 is 0 Å². The first-order valence-corrected chi connectivity index (χ1v) is 6.50. The SMILES string of the molecule is CNCCC(c1ccc(Br)cc1)C1CC1. The average Bonchev–Trinajstić information content (AvgIpc) is 3.05. The Bertz CT molecular complexity index is 303. The van der Waals surface area contributed by atoms with Crippen LogP contribution in [0.2, 0.25) is 0 Å². The van der Waals surface area contributed by atoms with E-state index in [0.717, 1.165) is 18.4 Å². The molecule has 0 radical (unpaired) electrons. The van der Waals surface area contributed by atoms with E-state index in [1.54, 1.807) is 0 Å². The zero-order valence-corrected chi connectivity index (χ0v) is 10.8. The Morgan fingerprint density at radius 2 is 2.00 bits per heavy atom. The molecule has 1 atom stereocenters. The van der Waals surface area contributed by atoms with Crippen molar-refractivity contribution in [2.45, 2.75) is 25.2 Å². The van der Waals surface area contributed by atoms with Gasteiger partial charge in [0, 0.05) is 4.47 Å². The molecule has 0 spiro atoms. The maximum absolute atomic E-state index is 3.49. The fourth-order valence-electron chi connectivity index (χ4n) is 2.18. The first-order chi connectivity index (χ1) is 7.31. The summed E-state index contributed by atoms with van der Waals surface area (Å²) in [4.78, 5) is 0. The molecular weight excluding hydrogens is 250 g/mol. The minimum atomic E-state index is 0.769. The zero-order chi connectivity index (χ0) is 10.7. The minimum absolute atomic E-state index is 0.769. The van der Waals surface area contributed by atoms with Crippen molar-refractivity contribution >= 4 is 15.9 Å². The molecule has 1 saturated carbocycles. The Balaban J connectivity index is 2.06. The highest BCUT2D eigenvalue weighted by atomic mass is 79.9. The summed E-state index contributed by atoms with van der Waals surface area (Å²) in [5.41, 5.74) is 1.51. The highest BCUT2D eigenvalue weighted by Gasteiger charge is 2.31. The highest BCUT2D eigenvalue weighted by molar-refractivity contribution is 9.10. The van der Waals surface area contributed by atoms with E-state index in [1.165, 1.54) is 29.3 Å². The first-order valence-electron chi connectivity index (χ1n) is 5.71. The van der Waals surface area contributed by atoms with Gasteiger partial charge in [-0.1, -0.05) is 28.1 Å². The van der Waals surface area contributed by atoms with E-state index in [1.807, 2.05) is 7.05 Å². The molecule has 1 aliphatic rings. The normalized spacial score (nSPS) is 17.7. The van der Waals surface area contributed by atoms with E-state index in [4.69, 9.17) is 0 Å². The molecule has 1 aromatic rings. The van der Waals surface area contributed by atoms with E-state index in [2.05, 4.69) is 45.5 Å². The molecule has 1 unspecified atom stereocenters. The minimum Gasteiger partial charge on any atom is -0.320 e. The van der Waals surface area contributed by atoms with Gasteiger partial charge in [-0.15, -0.1) is 0 Å². The maximum Gasteiger partial charge on any atom is 0.0175 e. The van der Waals surface area contributed by atoms with Crippen LogP contribution >= 0.6 is 15.9 Å². The zero-order valence-electron chi connectivity index (χ0n) is 9.17. The van der Waals surface area contributed by atoms with E-state index in [-0.39, 0.29) is 0 Å². The largest absolute Gasteiger partial charge is 0.320 e. The van der Waals surface area contributed by atoms with Gasteiger partial charge in [0.2, 0.25) is 0 Å². The summed E-state index contributed by atoms with van der Waals surface area (Å²) in [7, 11) is 2.03. The van der Waals surface area contributed by atoms with Gasteiger partial charge in [-0.05, 0) is 62.4 Å². The lowest BCUT2D eigenvalue weighted by molar-refractivity contribution is 0.541. The molecule has 1 aliphatic carbocycles. The summed E-state index contributed by atoms with van der Waals surface area (Å²) in [6.07, 6.45) is 4.11. The van der Waals surface area contributed by atoms with Crippen LogP contribution < -0.4 is 5.32 Å². The molecule has 2 rings (SSSR count). The predicted octanol–water partition coefficient (Wildman–Crippen LogP) is 3.55. The molecule has 2 heteroatoms. The van der Waals surface area contributed by atoms with Crippen LogP contribution in [0.5, 0.6) is 0 Å². The fraction of sp³-hybridized carbons (Fsp3) is 0.538. The first kappa shape index (κ1) is 11.2. The van der Waals surface area contributed by atoms with Crippen molar-refractivity contribution in [3.05, 3.63) is 34.3 Å². The van der Waals surface area contributed by atoms with Crippen LogP contribution in [0.1, 0.15) is 30.7 Å². The monoisotopic (exact) mass is 267 g/mol. The van der Waals surface area contributed by atoms with Crippen molar-refractivity contribution < 1.29 is 0 Å². The second-order valence-corrected chi connectivity index (χ2v) is 5.30. The van der Waals surface area contributed by atoms with Gasteiger partial charge in [0.15, 0.2) is 0 Å². The molecule has 0 amide bonds. The molecule has 1 fully saturated rings. The van der Waals surface area contributed by atoms with Gasteiger partial charge in [0.25, 0.3) is 0 Å². The highest BCUT2D eigenvalue weighted by Crippen LogP contribution is 2.44. The van der Waals surface area contributed by atoms with E-state index in [0.29, 0.717) is 0 Å². The second kappa shape index (κ2) is 5.13. The van der Waals surface area contributed by atoms with Gasteiger partial charge in [0.1, 0.15) is 0 Å². The summed E-state index contributed by atoms with van der Waals surface area (Å²) in [5.74, 6) is 1.71. The lowest BCUT2D eigenvalue weighted by Crippen LogP contribution is -2.13. The molecular formula is C13H18BrN. The van der Waals surface area contributed by atoms with Crippen LogP contribution in [0.15, 0.2) is 28.7 Å². The number of hydrogen-bond donors (Lipinski definition) is 1. The van der Waals surface area contributed by atoms with Crippen LogP contribution in [-0.2, 0) is 0 Å². The summed E-state index contributed by atoms with van der Waals surface area (Å²) in [6, 6.07) is 8.85. The molecule has 1 aromatic carbocycles. The third-order valence-electron chi connectivity index (χ3n) is 3.19. The molecule has 82 valence electrons. The summed E-state index contributed by atoms with van der Waals surface area (Å²) < 4.78 is 1.18. The van der Waals surface area contributed by atoms with Crippen LogP contribution in [-0.4, -0.2) is 13.6 Å². The van der Waals surface area contributed by atoms with Crippen molar-refractivity contribution in [1.29, 1.82) is 0 Å². The smallest absolute Gasteiger partial charge is 0.0175 e. The molecule has 0 saturated heterocycles. The van der Waals surface area contributed by atoms with Crippen molar-refractivity contribution in [1.82, 2.24) is 5.32 Å². The maximum atomic E-state index is 3.49. The molecule has 0 bridgehead atoms. The number of halogens is 1. The summed E-state index contributed by atoms with van der Waals surface area (Å²) >= 11 is 3.49. The Labute approximate surface area is 100 Å². The average molecular weight is 268 g/mol. The Morgan fingerprint density at radius 3 is 2.53 bits per heavy atom. The summed E-state index contributed by atoms with van der Waals surface area (Å²) in [5, 5.41) is 3.25. The molecule has 0 heterocycles. The van der Waals surface area contributed by atoms with Crippen LogP contribution in [0, 0.1) is 5.92 Å². The molecule has 1 N–H and O–H groups in total. The van der Waals surface area contributed by atoms with Crippen LogP contribution in [0.25, 0.3) is 0 Å². The Kier molecular flexibility index (Phi) is 3.81. The van der Waals surface area contributed by atoms with Gasteiger partial charge >= 0.3 is 0 Å². The van der Waals surface area contributed by atoms with Gasteiger partial charge < -0.3 is 5.32 Å². The Morgan fingerprint density at radius 1 is 1.33 bits per heavy atom. The quantitative estimate of drug-likeness (QED) is 0.861. The van der Waals surface area contributed by atoms with Crippen molar-refractivity contribution in [2.24, 2.45) is 5.92 Å². The van der Waals surface area contributed by atoms with Crippen LogP contribution in [0.3, 0.4) is 0 Å². The number of nitrogens with one attached hydrogen (secondary N) is 1. The predicted molar refractivity (Wildman–Crippen MR) is 68.2 cm³/mol. The fourth-order valence-corrected chi connectivity index (χ4v) is 2.45. The van der Waals surface area contributed by atoms with E-state index in [9.17, 15) is 0 Å². The third-order valence-corrected chi connectivity index (χ3v) is 3.72. The number of hydrogen-bond acceptors (Lipinski definition) is 1. The molecule has 0 aliphatic heterocycles. The molecule has 0 aromatic heterocycles. The second-order valence-electron chi connectivity index (χ2n) is 4.39. The molecule has 15 heavy (non-hydrogen) atoms. The van der Waals surface area contributed by atoms with Gasteiger partial charge in [-0.2, -0.15) is 0 Å². The lowest BCUT2D eigenvalue weighted by atomic mass is 9.91. The lowest BCUT2D eigenvalue weighted by Gasteiger charge is -2.16. The number of benzene rings is 1. The summed E-state index contributed by atoms with van der Waals surface area (Å²) in [6.45, 7) is 1.12. The molecule has 1 nitrogen and oxygen atoms in total. The third kappa shape index (κ3) is 3.05. The van der Waals surface area contributed by atoms with Crippen molar-refractivity contribution in [2.75, 3.05) is 13.6 Å². The van der Waals surface area contributed by atoms with Gasteiger partial charge in [-0.3, -0.25) is 0 Å². The Hall–Kier alpha value is -0.340. The van der Waals surface area contributed by atoms with Crippen molar-refractivity contribution in [3.63, 3.8) is 0 Å². The topological polar surface area (TPSA) is 12.0 Å². The standard InChI is InChI=1S/C13H18BrN/c1-15-9-8-13(10-2-3-10)11-4-6-12(14)7-5-11/h4-7,10,13,15H,2-3,8-9H2,1H3. The number of rotatable bonds is 5. The van der Waals surface area contributed by atoms with Gasteiger partial charge in [-0.25, -0.2) is 0 Å². The van der Waals surface area contributed by atoms with E-state index >= 15 is 0 Å². The van der Waals surface area contributed by atoms with Crippen LogP contribution in [0.4, 0.5) is 0 Å². The van der Waals surface area contributed by atoms with Crippen molar-refractivity contribution in [3.8, 4) is 0 Å². The van der Waals surface area contributed by atoms with Gasteiger partial charge in [0.05, 0.1) is 0 Å².